The molecular formula is C16H21N5O3S2. The summed E-state index contributed by atoms with van der Waals surface area (Å²) in [4.78, 5) is 14.0. The van der Waals surface area contributed by atoms with E-state index in [1.807, 2.05) is 41.8 Å². The molecule has 0 aliphatic carbocycles. The van der Waals surface area contributed by atoms with Crippen molar-refractivity contribution in [3.8, 4) is 11.4 Å². The zero-order valence-corrected chi connectivity index (χ0v) is 16.1. The molecule has 140 valence electrons. The Bertz CT molecular complexity index is 867. The van der Waals surface area contributed by atoms with Gasteiger partial charge >= 0.3 is 0 Å². The Kier molecular flexibility index (Phi) is 5.94. The van der Waals surface area contributed by atoms with E-state index >= 15 is 0 Å². The molecule has 2 heterocycles. The third kappa shape index (κ3) is 4.43. The van der Waals surface area contributed by atoms with E-state index in [9.17, 15) is 13.2 Å². The molecule has 8 nitrogen and oxygen atoms in total. The number of rotatable bonds is 5. The average Bonchev–Trinajstić information content (AvgIpc) is 2.96. The smallest absolute Gasteiger partial charge is 0.233 e. The van der Waals surface area contributed by atoms with Crippen molar-refractivity contribution in [3.05, 3.63) is 30.3 Å². The molecule has 10 heteroatoms. The van der Waals surface area contributed by atoms with E-state index in [0.29, 0.717) is 18.2 Å². The minimum atomic E-state index is -3.27. The number of sulfonamides is 1. The number of aromatic nitrogens is 3. The van der Waals surface area contributed by atoms with Gasteiger partial charge in [-0.05, 0) is 6.92 Å². The predicted molar refractivity (Wildman–Crippen MR) is 100 cm³/mol. The quantitative estimate of drug-likeness (QED) is 0.753. The number of hydrogen-bond acceptors (Lipinski definition) is 6. The highest BCUT2D eigenvalue weighted by Crippen LogP contribution is 2.24. The van der Waals surface area contributed by atoms with Crippen LogP contribution in [-0.4, -0.2) is 65.1 Å². The maximum absolute atomic E-state index is 12.4. The van der Waals surface area contributed by atoms with Crippen LogP contribution in [-0.2, 0) is 21.4 Å². The van der Waals surface area contributed by atoms with Crippen molar-refractivity contribution in [3.63, 3.8) is 0 Å². The van der Waals surface area contributed by atoms with Crippen LogP contribution < -0.4 is 4.72 Å². The molecule has 1 N–H and O–H groups in total. The summed E-state index contributed by atoms with van der Waals surface area (Å²) in [5, 5.41) is 9.16. The molecule has 1 aromatic heterocycles. The van der Waals surface area contributed by atoms with E-state index in [2.05, 4.69) is 14.9 Å². The van der Waals surface area contributed by atoms with Gasteiger partial charge in [-0.1, -0.05) is 42.1 Å². The minimum absolute atomic E-state index is 0.0628. The second-order valence-electron chi connectivity index (χ2n) is 5.80. The third-order valence-corrected chi connectivity index (χ3v) is 6.39. The van der Waals surface area contributed by atoms with Crippen LogP contribution in [0.5, 0.6) is 0 Å². The monoisotopic (exact) mass is 395 g/mol. The fourth-order valence-electron chi connectivity index (χ4n) is 2.70. The highest BCUT2D eigenvalue weighted by atomic mass is 32.2. The van der Waals surface area contributed by atoms with Gasteiger partial charge in [0, 0.05) is 31.7 Å². The summed E-state index contributed by atoms with van der Waals surface area (Å²) in [5.41, 5.74) is 0.976. The number of nitrogens with zero attached hydrogens (tertiary/aromatic N) is 4. The van der Waals surface area contributed by atoms with Crippen LogP contribution in [0.3, 0.4) is 0 Å². The first kappa shape index (κ1) is 18.9. The summed E-state index contributed by atoms with van der Waals surface area (Å²) in [6.45, 7) is 3.55. The summed E-state index contributed by atoms with van der Waals surface area (Å²) < 4.78 is 27.6. The summed E-state index contributed by atoms with van der Waals surface area (Å²) in [5.74, 6) is 0.814. The molecule has 1 amide bonds. The third-order valence-electron chi connectivity index (χ3n) is 4.08. The van der Waals surface area contributed by atoms with Gasteiger partial charge in [-0.3, -0.25) is 4.79 Å². The first-order chi connectivity index (χ1) is 12.5. The lowest BCUT2D eigenvalue weighted by Gasteiger charge is -2.18. The lowest BCUT2D eigenvalue weighted by molar-refractivity contribution is -0.127. The average molecular weight is 396 g/mol. The van der Waals surface area contributed by atoms with E-state index < -0.39 is 10.0 Å². The Hall–Kier alpha value is -1.91. The first-order valence-corrected chi connectivity index (χ1v) is 11.0. The van der Waals surface area contributed by atoms with Crippen LogP contribution in [0.1, 0.15) is 6.92 Å². The Morgan fingerprint density at radius 1 is 1.23 bits per heavy atom. The van der Waals surface area contributed by atoms with E-state index in [0.717, 1.165) is 11.4 Å². The van der Waals surface area contributed by atoms with Gasteiger partial charge < -0.3 is 9.47 Å². The molecule has 0 spiro atoms. The van der Waals surface area contributed by atoms with Crippen molar-refractivity contribution in [2.45, 2.75) is 18.6 Å². The van der Waals surface area contributed by atoms with Gasteiger partial charge in [0.15, 0.2) is 11.0 Å². The highest BCUT2D eigenvalue weighted by Gasteiger charge is 2.23. The summed E-state index contributed by atoms with van der Waals surface area (Å²) >= 11 is 1.32. The van der Waals surface area contributed by atoms with Gasteiger partial charge in [-0.2, -0.15) is 0 Å². The van der Waals surface area contributed by atoms with E-state index in [1.165, 1.54) is 11.8 Å². The Morgan fingerprint density at radius 2 is 2.00 bits per heavy atom. The Balaban J connectivity index is 1.66. The first-order valence-electron chi connectivity index (χ1n) is 8.36. The van der Waals surface area contributed by atoms with Crippen LogP contribution >= 0.6 is 11.8 Å². The number of nitrogens with one attached hydrogen (secondary N) is 1. The lowest BCUT2D eigenvalue weighted by Crippen LogP contribution is -2.36. The van der Waals surface area contributed by atoms with Crippen molar-refractivity contribution in [2.75, 3.05) is 31.1 Å². The molecule has 0 unspecified atom stereocenters. The second kappa shape index (κ2) is 8.19. The molecule has 1 fully saturated rings. The van der Waals surface area contributed by atoms with Crippen molar-refractivity contribution in [2.24, 2.45) is 0 Å². The lowest BCUT2D eigenvalue weighted by atomic mass is 10.2. The van der Waals surface area contributed by atoms with Gasteiger partial charge in [0.05, 0.1) is 11.5 Å². The van der Waals surface area contributed by atoms with Crippen LogP contribution in [0.15, 0.2) is 35.5 Å². The van der Waals surface area contributed by atoms with Crippen molar-refractivity contribution in [1.82, 2.24) is 24.4 Å². The zero-order chi connectivity index (χ0) is 18.6. The number of carbonyl (C=O) groups excluding carboxylic acids is 1. The standard InChI is InChI=1S/C16H21N5O3S2/c1-2-21-15(13-6-4-3-5-7-13)18-19-16(21)25-12-14(22)20-9-8-17-26(23,24)11-10-20/h3-7,17H,2,8-12H2,1H3. The molecule has 0 radical (unpaired) electrons. The maximum Gasteiger partial charge on any atom is 0.233 e. The number of thioether (sulfide) groups is 1. The van der Waals surface area contributed by atoms with Gasteiger partial charge in [-0.25, -0.2) is 13.1 Å². The molecule has 0 atom stereocenters. The van der Waals surface area contributed by atoms with Gasteiger partial charge in [-0.15, -0.1) is 10.2 Å². The normalized spacial score (nSPS) is 17.0. The number of carbonyl (C=O) groups is 1. The molecule has 0 saturated carbocycles. The van der Waals surface area contributed by atoms with Crippen LogP contribution in [0.4, 0.5) is 0 Å². The topological polar surface area (TPSA) is 97.2 Å². The summed E-state index contributed by atoms with van der Waals surface area (Å²) in [6.07, 6.45) is 0. The number of amides is 1. The van der Waals surface area contributed by atoms with Crippen molar-refractivity contribution < 1.29 is 13.2 Å². The molecule has 1 aromatic carbocycles. The van der Waals surface area contributed by atoms with Gasteiger partial charge in [0.25, 0.3) is 0 Å². The SMILES string of the molecule is CCn1c(SCC(=O)N2CCNS(=O)(=O)CC2)nnc1-c1ccccc1. The largest absolute Gasteiger partial charge is 0.340 e. The Labute approximate surface area is 157 Å². The molecule has 1 aliphatic rings. The van der Waals surface area contributed by atoms with Crippen LogP contribution in [0, 0.1) is 0 Å². The predicted octanol–water partition coefficient (Wildman–Crippen LogP) is 0.819. The molecule has 0 bridgehead atoms. The summed E-state index contributed by atoms with van der Waals surface area (Å²) in [7, 11) is -3.27. The van der Waals surface area contributed by atoms with Crippen LogP contribution in [0.2, 0.25) is 0 Å². The fourth-order valence-corrected chi connectivity index (χ4v) is 4.61. The van der Waals surface area contributed by atoms with Gasteiger partial charge in [0.1, 0.15) is 0 Å². The molecule has 2 aromatic rings. The molecular weight excluding hydrogens is 374 g/mol. The van der Waals surface area contributed by atoms with Crippen molar-refractivity contribution >= 4 is 27.7 Å². The number of hydrogen-bond donors (Lipinski definition) is 1. The van der Waals surface area contributed by atoms with E-state index in [4.69, 9.17) is 0 Å². The zero-order valence-electron chi connectivity index (χ0n) is 14.5. The molecule has 1 saturated heterocycles. The van der Waals surface area contributed by atoms with E-state index in [-0.39, 0.29) is 30.5 Å². The second-order valence-corrected chi connectivity index (χ2v) is 8.67. The summed E-state index contributed by atoms with van der Waals surface area (Å²) in [6, 6.07) is 9.78. The van der Waals surface area contributed by atoms with E-state index in [1.54, 1.807) is 4.90 Å². The van der Waals surface area contributed by atoms with Crippen LogP contribution in [0.25, 0.3) is 11.4 Å². The maximum atomic E-state index is 12.4. The molecule has 26 heavy (non-hydrogen) atoms. The molecule has 1 aliphatic heterocycles. The van der Waals surface area contributed by atoms with Gasteiger partial charge in [0.2, 0.25) is 15.9 Å². The van der Waals surface area contributed by atoms with Crippen molar-refractivity contribution in [1.29, 1.82) is 0 Å². The Morgan fingerprint density at radius 3 is 2.73 bits per heavy atom. The highest BCUT2D eigenvalue weighted by molar-refractivity contribution is 7.99. The number of benzene rings is 1. The minimum Gasteiger partial charge on any atom is -0.340 e. The fraction of sp³-hybridized carbons (Fsp3) is 0.438. The molecule has 3 rings (SSSR count).